The van der Waals surface area contributed by atoms with E-state index in [-0.39, 0.29) is 11.6 Å². The fraction of sp³-hybridized carbons (Fsp3) is 0.533. The largest absolute Gasteiger partial charge is 0.303 e. The summed E-state index contributed by atoms with van der Waals surface area (Å²) >= 11 is 0. The van der Waals surface area contributed by atoms with E-state index in [1.54, 1.807) is 12.1 Å². The van der Waals surface area contributed by atoms with E-state index in [0.717, 1.165) is 25.6 Å². The molecule has 18 heavy (non-hydrogen) atoms. The number of benzene rings is 1. The Kier molecular flexibility index (Phi) is 4.48. The van der Waals surface area contributed by atoms with Gasteiger partial charge in [0.2, 0.25) is 0 Å². The molecular formula is C15H20FNO. The van der Waals surface area contributed by atoms with Crippen LogP contribution in [0.15, 0.2) is 24.3 Å². The Morgan fingerprint density at radius 1 is 1.50 bits per heavy atom. The predicted octanol–water partition coefficient (Wildman–Crippen LogP) is 3.13. The minimum atomic E-state index is -0.340. The standard InChI is InChI=1S/C15H20FNO/c1-2-12-6-8-17(11-12)9-7-15(18)13-4-3-5-14(16)10-13/h3-5,10,12H,2,6-9,11H2,1H3. The number of likely N-dealkylation sites (tertiary alicyclic amines) is 1. The van der Waals surface area contributed by atoms with Gasteiger partial charge in [-0.3, -0.25) is 4.79 Å². The molecule has 0 saturated carbocycles. The molecule has 0 aromatic heterocycles. The highest BCUT2D eigenvalue weighted by atomic mass is 19.1. The molecule has 2 nitrogen and oxygen atoms in total. The van der Waals surface area contributed by atoms with E-state index in [1.165, 1.54) is 25.0 Å². The Morgan fingerprint density at radius 2 is 2.33 bits per heavy atom. The lowest BCUT2D eigenvalue weighted by atomic mass is 10.1. The zero-order valence-corrected chi connectivity index (χ0v) is 10.9. The van der Waals surface area contributed by atoms with Gasteiger partial charge < -0.3 is 4.90 Å². The predicted molar refractivity (Wildman–Crippen MR) is 70.2 cm³/mol. The summed E-state index contributed by atoms with van der Waals surface area (Å²) in [5, 5.41) is 0. The molecule has 0 N–H and O–H groups in total. The third kappa shape index (κ3) is 3.39. The third-order valence-electron chi connectivity index (χ3n) is 3.75. The molecule has 1 aliphatic heterocycles. The number of Topliss-reactive ketones (excluding diaryl/α,β-unsaturated/α-hetero) is 1. The van der Waals surface area contributed by atoms with Gasteiger partial charge >= 0.3 is 0 Å². The Bertz CT molecular complexity index is 419. The number of hydrogen-bond donors (Lipinski definition) is 0. The first-order valence-corrected chi connectivity index (χ1v) is 6.70. The molecule has 2 rings (SSSR count). The summed E-state index contributed by atoms with van der Waals surface area (Å²) in [4.78, 5) is 14.2. The van der Waals surface area contributed by atoms with Crippen molar-refractivity contribution in [1.29, 1.82) is 0 Å². The first kappa shape index (κ1) is 13.2. The van der Waals surface area contributed by atoms with Crippen molar-refractivity contribution in [1.82, 2.24) is 4.90 Å². The molecule has 98 valence electrons. The van der Waals surface area contributed by atoms with E-state index in [2.05, 4.69) is 11.8 Å². The van der Waals surface area contributed by atoms with Gasteiger partial charge in [0.25, 0.3) is 0 Å². The fourth-order valence-corrected chi connectivity index (χ4v) is 2.52. The average molecular weight is 249 g/mol. The van der Waals surface area contributed by atoms with Crippen molar-refractivity contribution in [2.45, 2.75) is 26.2 Å². The summed E-state index contributed by atoms with van der Waals surface area (Å²) in [5.74, 6) is 0.483. The van der Waals surface area contributed by atoms with E-state index in [4.69, 9.17) is 0 Å². The van der Waals surface area contributed by atoms with Crippen LogP contribution in [0.25, 0.3) is 0 Å². The smallest absolute Gasteiger partial charge is 0.164 e. The van der Waals surface area contributed by atoms with Crippen molar-refractivity contribution in [3.05, 3.63) is 35.6 Å². The minimum Gasteiger partial charge on any atom is -0.303 e. The van der Waals surface area contributed by atoms with Crippen molar-refractivity contribution in [3.63, 3.8) is 0 Å². The normalized spacial score (nSPS) is 20.2. The number of nitrogens with zero attached hydrogens (tertiary/aromatic N) is 1. The SMILES string of the molecule is CCC1CCN(CCC(=O)c2cccc(F)c2)C1. The van der Waals surface area contributed by atoms with Gasteiger partial charge in [-0.1, -0.05) is 25.5 Å². The summed E-state index contributed by atoms with van der Waals surface area (Å²) in [6, 6.07) is 5.96. The molecule has 1 atom stereocenters. The molecule has 0 amide bonds. The average Bonchev–Trinajstić information content (AvgIpc) is 2.84. The Hall–Kier alpha value is -1.22. The number of carbonyl (C=O) groups is 1. The van der Waals surface area contributed by atoms with Crippen LogP contribution in [0, 0.1) is 11.7 Å². The maximum Gasteiger partial charge on any atom is 0.164 e. The molecule has 0 radical (unpaired) electrons. The highest BCUT2D eigenvalue weighted by Crippen LogP contribution is 2.19. The van der Waals surface area contributed by atoms with Crippen LogP contribution in [-0.2, 0) is 0 Å². The summed E-state index contributed by atoms with van der Waals surface area (Å²) in [6.45, 7) is 5.21. The third-order valence-corrected chi connectivity index (χ3v) is 3.75. The Morgan fingerprint density at radius 3 is 3.00 bits per heavy atom. The van der Waals surface area contributed by atoms with Gasteiger partial charge in [0.05, 0.1) is 0 Å². The molecule has 0 spiro atoms. The molecule has 0 bridgehead atoms. The zero-order valence-electron chi connectivity index (χ0n) is 10.9. The summed E-state index contributed by atoms with van der Waals surface area (Å²) in [6.07, 6.45) is 2.94. The van der Waals surface area contributed by atoms with Crippen molar-refractivity contribution in [2.24, 2.45) is 5.92 Å². The maximum absolute atomic E-state index is 13.0. The minimum absolute atomic E-state index is 0.0365. The van der Waals surface area contributed by atoms with E-state index in [0.29, 0.717) is 12.0 Å². The van der Waals surface area contributed by atoms with E-state index >= 15 is 0 Å². The van der Waals surface area contributed by atoms with Crippen molar-refractivity contribution in [2.75, 3.05) is 19.6 Å². The van der Waals surface area contributed by atoms with Gasteiger partial charge in [-0.25, -0.2) is 4.39 Å². The molecule has 1 aromatic rings. The lowest BCUT2D eigenvalue weighted by Gasteiger charge is -2.14. The molecule has 1 unspecified atom stereocenters. The van der Waals surface area contributed by atoms with E-state index < -0.39 is 0 Å². The second-order valence-corrected chi connectivity index (χ2v) is 5.05. The van der Waals surface area contributed by atoms with Crippen molar-refractivity contribution >= 4 is 5.78 Å². The first-order chi connectivity index (χ1) is 8.69. The van der Waals surface area contributed by atoms with Crippen molar-refractivity contribution < 1.29 is 9.18 Å². The Balaban J connectivity index is 1.82. The Labute approximate surface area is 108 Å². The van der Waals surface area contributed by atoms with Crippen LogP contribution in [-0.4, -0.2) is 30.3 Å². The highest BCUT2D eigenvalue weighted by Gasteiger charge is 2.21. The maximum atomic E-state index is 13.0. The van der Waals surface area contributed by atoms with Gasteiger partial charge in [-0.15, -0.1) is 0 Å². The lowest BCUT2D eigenvalue weighted by Crippen LogP contribution is -2.23. The van der Waals surface area contributed by atoms with Gasteiger partial charge in [0.1, 0.15) is 5.82 Å². The van der Waals surface area contributed by atoms with Crippen LogP contribution >= 0.6 is 0 Å². The molecular weight excluding hydrogens is 229 g/mol. The summed E-state index contributed by atoms with van der Waals surface area (Å²) < 4.78 is 13.0. The molecule has 1 aliphatic rings. The quantitative estimate of drug-likeness (QED) is 0.747. The zero-order chi connectivity index (χ0) is 13.0. The van der Waals surface area contributed by atoms with Crippen LogP contribution in [0.4, 0.5) is 4.39 Å². The topological polar surface area (TPSA) is 20.3 Å². The van der Waals surface area contributed by atoms with Crippen molar-refractivity contribution in [3.8, 4) is 0 Å². The summed E-state index contributed by atoms with van der Waals surface area (Å²) in [7, 11) is 0. The van der Waals surface area contributed by atoms with Crippen LogP contribution in [0.2, 0.25) is 0 Å². The monoisotopic (exact) mass is 249 g/mol. The van der Waals surface area contributed by atoms with Gasteiger partial charge in [-0.2, -0.15) is 0 Å². The molecule has 1 heterocycles. The number of carbonyl (C=O) groups excluding carboxylic acids is 1. The molecule has 3 heteroatoms. The van der Waals surface area contributed by atoms with Crippen LogP contribution < -0.4 is 0 Å². The van der Waals surface area contributed by atoms with E-state index in [9.17, 15) is 9.18 Å². The highest BCUT2D eigenvalue weighted by molar-refractivity contribution is 5.96. The van der Waals surface area contributed by atoms with Gasteiger partial charge in [0.15, 0.2) is 5.78 Å². The number of ketones is 1. The van der Waals surface area contributed by atoms with Crippen LogP contribution in [0.3, 0.4) is 0 Å². The summed E-state index contributed by atoms with van der Waals surface area (Å²) in [5.41, 5.74) is 0.487. The molecule has 1 aromatic carbocycles. The number of halogens is 1. The van der Waals surface area contributed by atoms with Crippen LogP contribution in [0.1, 0.15) is 36.5 Å². The van der Waals surface area contributed by atoms with Gasteiger partial charge in [0, 0.05) is 25.1 Å². The first-order valence-electron chi connectivity index (χ1n) is 6.70. The second-order valence-electron chi connectivity index (χ2n) is 5.05. The molecule has 1 saturated heterocycles. The van der Waals surface area contributed by atoms with Crippen LogP contribution in [0.5, 0.6) is 0 Å². The van der Waals surface area contributed by atoms with E-state index in [1.807, 2.05) is 0 Å². The number of rotatable bonds is 5. The van der Waals surface area contributed by atoms with Gasteiger partial charge in [-0.05, 0) is 31.0 Å². The molecule has 0 aliphatic carbocycles. The fourth-order valence-electron chi connectivity index (χ4n) is 2.52. The molecule has 1 fully saturated rings. The number of hydrogen-bond acceptors (Lipinski definition) is 2. The second kappa shape index (κ2) is 6.10. The lowest BCUT2D eigenvalue weighted by molar-refractivity contribution is 0.0967.